The Hall–Kier alpha value is -3.19. The zero-order valence-electron chi connectivity index (χ0n) is 14.4. The molecule has 7 heteroatoms. The van der Waals surface area contributed by atoms with Crippen molar-refractivity contribution in [3.05, 3.63) is 51.6 Å². The van der Waals surface area contributed by atoms with E-state index in [1.807, 2.05) is 0 Å². The summed E-state index contributed by atoms with van der Waals surface area (Å²) in [5, 5.41) is 41.9. The summed E-state index contributed by atoms with van der Waals surface area (Å²) in [4.78, 5) is 37.6. The van der Waals surface area contributed by atoms with E-state index in [0.717, 1.165) is 0 Å². The third-order valence-electron chi connectivity index (χ3n) is 5.54. The average Bonchev–Trinajstić information content (AvgIpc) is 2.62. The molecule has 0 saturated carbocycles. The van der Waals surface area contributed by atoms with Gasteiger partial charge >= 0.3 is 0 Å². The molecule has 4 N–H and O–H groups in total. The zero-order valence-corrected chi connectivity index (χ0v) is 14.4. The molecule has 7 nitrogen and oxygen atoms in total. The number of phenols is 3. The highest BCUT2D eigenvalue weighted by molar-refractivity contribution is 6.31. The number of carbonyl (C=O) groups is 3. The van der Waals surface area contributed by atoms with Gasteiger partial charge in [-0.1, -0.05) is 12.1 Å². The molecule has 2 aromatic carbocycles. The van der Waals surface area contributed by atoms with Gasteiger partial charge < -0.3 is 20.4 Å². The number of hydrogen-bond donors (Lipinski definition) is 4. The summed E-state index contributed by atoms with van der Waals surface area (Å²) in [6, 6.07) is 4.01. The Balaban J connectivity index is 2.01. The van der Waals surface area contributed by atoms with Crippen LogP contribution < -0.4 is 0 Å². The molecule has 2 aliphatic rings. The molecule has 2 aromatic rings. The highest BCUT2D eigenvalue weighted by Gasteiger charge is 2.44. The van der Waals surface area contributed by atoms with Gasteiger partial charge in [-0.2, -0.15) is 0 Å². The first kappa shape index (κ1) is 17.2. The lowest BCUT2D eigenvalue weighted by atomic mass is 9.73. The number of hydrogen-bond acceptors (Lipinski definition) is 7. The number of fused-ring (bicyclic) bond motifs is 3. The molecule has 2 aliphatic carbocycles. The van der Waals surface area contributed by atoms with Crippen molar-refractivity contribution in [1.82, 2.24) is 0 Å². The number of Topliss-reactive ketones (excluding diaryl/α,β-unsaturated/α-hetero) is 1. The Morgan fingerprint density at radius 1 is 0.963 bits per heavy atom. The summed E-state index contributed by atoms with van der Waals surface area (Å²) in [7, 11) is 0. The van der Waals surface area contributed by atoms with Crippen molar-refractivity contribution in [1.29, 1.82) is 0 Å². The van der Waals surface area contributed by atoms with Crippen molar-refractivity contribution >= 4 is 17.3 Å². The summed E-state index contributed by atoms with van der Waals surface area (Å²) >= 11 is 0. The molecule has 1 atom stereocenters. The fraction of sp³-hybridized carbons (Fsp3) is 0.250. The van der Waals surface area contributed by atoms with Crippen LogP contribution >= 0.6 is 0 Å². The SMILES string of the molecule is CC(=O)C1(O)CCc2c(O)c3c(c(O)c2C1)C(=O)c1cccc(O)c1C3=O. The van der Waals surface area contributed by atoms with Gasteiger partial charge in [-0.25, -0.2) is 0 Å². The Bertz CT molecular complexity index is 1070. The van der Waals surface area contributed by atoms with E-state index in [1.165, 1.54) is 25.1 Å². The number of ketones is 3. The maximum absolute atomic E-state index is 12.9. The summed E-state index contributed by atoms with van der Waals surface area (Å²) in [5.74, 6) is -3.34. The quantitative estimate of drug-likeness (QED) is 0.477. The smallest absolute Gasteiger partial charge is 0.202 e. The molecule has 27 heavy (non-hydrogen) atoms. The minimum absolute atomic E-state index is 0.0189. The molecule has 138 valence electrons. The van der Waals surface area contributed by atoms with Gasteiger partial charge in [-0.3, -0.25) is 14.4 Å². The highest BCUT2D eigenvalue weighted by atomic mass is 16.3. The minimum Gasteiger partial charge on any atom is -0.507 e. The van der Waals surface area contributed by atoms with Gasteiger partial charge in [0, 0.05) is 23.1 Å². The van der Waals surface area contributed by atoms with Gasteiger partial charge in [0.05, 0.1) is 16.7 Å². The first-order valence-electron chi connectivity index (χ1n) is 8.42. The van der Waals surface area contributed by atoms with Crippen molar-refractivity contribution in [3.63, 3.8) is 0 Å². The number of benzene rings is 2. The number of phenolic OH excluding ortho intramolecular Hbond substituents is 3. The van der Waals surface area contributed by atoms with Crippen LogP contribution in [0.15, 0.2) is 18.2 Å². The lowest BCUT2D eigenvalue weighted by Crippen LogP contribution is -2.42. The largest absolute Gasteiger partial charge is 0.507 e. The fourth-order valence-corrected chi connectivity index (χ4v) is 3.97. The van der Waals surface area contributed by atoms with Crippen molar-refractivity contribution in [2.24, 2.45) is 0 Å². The Labute approximate surface area is 153 Å². The van der Waals surface area contributed by atoms with Crippen LogP contribution in [0.5, 0.6) is 17.2 Å². The summed E-state index contributed by atoms with van der Waals surface area (Å²) in [6.07, 6.45) is -0.197. The van der Waals surface area contributed by atoms with Gasteiger partial charge in [-0.05, 0) is 25.8 Å². The van der Waals surface area contributed by atoms with Gasteiger partial charge in [-0.15, -0.1) is 0 Å². The number of aliphatic hydroxyl groups is 1. The Morgan fingerprint density at radius 2 is 1.59 bits per heavy atom. The topological polar surface area (TPSA) is 132 Å². The molecular formula is C20H16O7. The minimum atomic E-state index is -1.71. The molecule has 1 unspecified atom stereocenters. The number of carbonyl (C=O) groups excluding carboxylic acids is 3. The average molecular weight is 368 g/mol. The number of rotatable bonds is 1. The van der Waals surface area contributed by atoms with Gasteiger partial charge in [0.1, 0.15) is 22.8 Å². The molecule has 0 spiro atoms. The first-order chi connectivity index (χ1) is 12.7. The number of aromatic hydroxyl groups is 3. The molecule has 0 radical (unpaired) electrons. The van der Waals surface area contributed by atoms with E-state index in [-0.39, 0.29) is 58.4 Å². The Kier molecular flexibility index (Phi) is 3.45. The van der Waals surface area contributed by atoms with Gasteiger partial charge in [0.15, 0.2) is 11.6 Å². The first-order valence-corrected chi connectivity index (χ1v) is 8.42. The van der Waals surface area contributed by atoms with E-state index in [1.54, 1.807) is 0 Å². The van der Waals surface area contributed by atoms with Crippen LogP contribution in [0.3, 0.4) is 0 Å². The molecule has 0 saturated heterocycles. The lowest BCUT2D eigenvalue weighted by Gasteiger charge is -2.33. The molecule has 0 amide bonds. The highest BCUT2D eigenvalue weighted by Crippen LogP contribution is 2.47. The molecule has 0 aromatic heterocycles. The third-order valence-corrected chi connectivity index (χ3v) is 5.54. The van der Waals surface area contributed by atoms with Crippen LogP contribution in [0, 0.1) is 0 Å². The summed E-state index contributed by atoms with van der Waals surface area (Å²) < 4.78 is 0. The predicted molar refractivity (Wildman–Crippen MR) is 92.4 cm³/mol. The van der Waals surface area contributed by atoms with E-state index in [0.29, 0.717) is 0 Å². The normalized spacial score (nSPS) is 20.7. The monoisotopic (exact) mass is 368 g/mol. The van der Waals surface area contributed by atoms with Gasteiger partial charge in [0.2, 0.25) is 5.78 Å². The van der Waals surface area contributed by atoms with Crippen LogP contribution in [0.25, 0.3) is 0 Å². The molecule has 0 fully saturated rings. The molecule has 0 bridgehead atoms. The second-order valence-electron chi connectivity index (χ2n) is 7.03. The maximum atomic E-state index is 12.9. The molecule has 4 rings (SSSR count). The van der Waals surface area contributed by atoms with E-state index in [9.17, 15) is 34.8 Å². The van der Waals surface area contributed by atoms with E-state index >= 15 is 0 Å². The van der Waals surface area contributed by atoms with Crippen LogP contribution in [-0.2, 0) is 17.6 Å². The molecular weight excluding hydrogens is 352 g/mol. The Morgan fingerprint density at radius 3 is 2.26 bits per heavy atom. The van der Waals surface area contributed by atoms with E-state index in [2.05, 4.69) is 0 Å². The van der Waals surface area contributed by atoms with Gasteiger partial charge in [0.25, 0.3) is 0 Å². The van der Waals surface area contributed by atoms with Crippen molar-refractivity contribution in [2.75, 3.05) is 0 Å². The van der Waals surface area contributed by atoms with Crippen LogP contribution in [0.2, 0.25) is 0 Å². The van der Waals surface area contributed by atoms with Crippen LogP contribution in [0.4, 0.5) is 0 Å². The summed E-state index contributed by atoms with van der Waals surface area (Å²) in [5.41, 5.74) is -2.44. The van der Waals surface area contributed by atoms with Crippen molar-refractivity contribution in [2.45, 2.75) is 31.8 Å². The standard InChI is InChI=1S/C20H16O7/c1-8(21)20(27)6-5-9-11(7-20)18(25)14-15(16(9)23)19(26)13-10(17(14)24)3-2-4-12(13)22/h2-4,22-23,25,27H,5-7H2,1H3. The zero-order chi connectivity index (χ0) is 19.7. The van der Waals surface area contributed by atoms with Crippen molar-refractivity contribution in [3.8, 4) is 17.2 Å². The molecule has 0 heterocycles. The second-order valence-corrected chi connectivity index (χ2v) is 7.03. The second kappa shape index (κ2) is 5.40. The maximum Gasteiger partial charge on any atom is 0.202 e. The lowest BCUT2D eigenvalue weighted by molar-refractivity contribution is -0.136. The van der Waals surface area contributed by atoms with Crippen molar-refractivity contribution < 1.29 is 34.8 Å². The van der Waals surface area contributed by atoms with Crippen LogP contribution in [-0.4, -0.2) is 43.4 Å². The fourth-order valence-electron chi connectivity index (χ4n) is 3.97. The third kappa shape index (κ3) is 2.15. The molecule has 0 aliphatic heterocycles. The van der Waals surface area contributed by atoms with Crippen LogP contribution in [0.1, 0.15) is 56.3 Å². The van der Waals surface area contributed by atoms with E-state index < -0.39 is 34.4 Å². The predicted octanol–water partition coefficient (Wildman–Crippen LogP) is 1.39. The summed E-state index contributed by atoms with van der Waals surface area (Å²) in [6.45, 7) is 1.23. The van der Waals surface area contributed by atoms with E-state index in [4.69, 9.17) is 0 Å².